The van der Waals surface area contributed by atoms with Crippen molar-refractivity contribution in [1.29, 1.82) is 0 Å². The third kappa shape index (κ3) is 7.84. The molecule has 7 atom stereocenters. The molecule has 0 aromatic heterocycles. The molecule has 13 heteroatoms. The second-order valence-electron chi connectivity index (χ2n) is 16.2. The fourth-order valence-corrected chi connectivity index (χ4v) is 10.8. The Morgan fingerprint density at radius 1 is 1.11 bits per heavy atom. The molecule has 11 nitrogen and oxygen atoms in total. The molecule has 2 aromatic rings. The van der Waals surface area contributed by atoms with Gasteiger partial charge in [0.25, 0.3) is 5.91 Å². The van der Waals surface area contributed by atoms with Gasteiger partial charge in [-0.3, -0.25) is 14.5 Å². The Hall–Kier alpha value is -3.00. The number of aryl methyl sites for hydroxylation is 1. The number of carbonyl (C=O) groups is 2. The summed E-state index contributed by atoms with van der Waals surface area (Å²) in [6.07, 6.45) is 9.65. The summed E-state index contributed by atoms with van der Waals surface area (Å²) in [6, 6.07) is 11.9. The Kier molecular flexibility index (Phi) is 11.8. The van der Waals surface area contributed by atoms with E-state index >= 15 is 0 Å². The first-order valence-corrected chi connectivity index (χ1v) is 21.5. The molecule has 0 unspecified atom stereocenters. The van der Waals surface area contributed by atoms with Crippen LogP contribution in [0.25, 0.3) is 0 Å². The highest BCUT2D eigenvalue weighted by atomic mass is 35.5. The predicted octanol–water partition coefficient (Wildman–Crippen LogP) is 4.76. The first-order valence-electron chi connectivity index (χ1n) is 19.6. The van der Waals surface area contributed by atoms with Crippen molar-refractivity contribution >= 4 is 39.5 Å². The van der Waals surface area contributed by atoms with Gasteiger partial charge in [-0.2, -0.15) is 0 Å². The van der Waals surface area contributed by atoms with Gasteiger partial charge in [0.2, 0.25) is 10.0 Å². The summed E-state index contributed by atoms with van der Waals surface area (Å²) in [7, 11) is -2.41. The minimum absolute atomic E-state index is 0.0434. The van der Waals surface area contributed by atoms with Gasteiger partial charge in [0, 0.05) is 74.3 Å². The number of ether oxygens (including phenoxy) is 3. The van der Waals surface area contributed by atoms with Crippen molar-refractivity contribution in [2.24, 2.45) is 17.8 Å². The predicted molar refractivity (Wildman–Crippen MR) is 210 cm³/mol. The monoisotopic (exact) mass is 782 g/mol. The van der Waals surface area contributed by atoms with Crippen molar-refractivity contribution in [3.63, 3.8) is 0 Å². The summed E-state index contributed by atoms with van der Waals surface area (Å²) < 4.78 is 46.7. The summed E-state index contributed by atoms with van der Waals surface area (Å²) in [6.45, 7) is 11.6. The zero-order chi connectivity index (χ0) is 38.1. The lowest BCUT2D eigenvalue weighted by atomic mass is 9.64. The second kappa shape index (κ2) is 16.2. The Balaban J connectivity index is 0.000000386. The summed E-state index contributed by atoms with van der Waals surface area (Å²) in [5.74, 6) is -0.203. The van der Waals surface area contributed by atoms with E-state index in [1.807, 2.05) is 25.1 Å². The number of anilines is 1. The van der Waals surface area contributed by atoms with Gasteiger partial charge in [0.05, 0.1) is 30.8 Å². The number of rotatable bonds is 2. The Bertz CT molecular complexity index is 1820. The highest BCUT2D eigenvalue weighted by Gasteiger charge is 2.49. The van der Waals surface area contributed by atoms with Gasteiger partial charge in [0.15, 0.2) is 6.29 Å². The molecular formula is C41H55ClN4O7S. The number of fused-ring (bicyclic) bond motifs is 5. The molecule has 4 heterocycles. The van der Waals surface area contributed by atoms with Crippen LogP contribution in [0.2, 0.25) is 5.02 Å². The molecule has 3 fully saturated rings. The molecule has 2 saturated heterocycles. The molecule has 1 saturated carbocycles. The van der Waals surface area contributed by atoms with Crippen LogP contribution in [0.3, 0.4) is 0 Å². The maximum absolute atomic E-state index is 13.4. The van der Waals surface area contributed by atoms with E-state index in [4.69, 9.17) is 25.8 Å². The molecule has 2 aliphatic carbocycles. The van der Waals surface area contributed by atoms with Crippen LogP contribution >= 0.6 is 11.6 Å². The lowest BCUT2D eigenvalue weighted by Gasteiger charge is -2.48. The number of nitrogens with zero attached hydrogens (tertiary/aromatic N) is 2. The number of piperazine rings is 1. The zero-order valence-corrected chi connectivity index (χ0v) is 33.3. The third-order valence-electron chi connectivity index (χ3n) is 13.0. The number of methoxy groups -OCH3 is 1. The van der Waals surface area contributed by atoms with Crippen molar-refractivity contribution in [3.05, 3.63) is 70.3 Å². The third-order valence-corrected chi connectivity index (χ3v) is 15.2. The van der Waals surface area contributed by atoms with E-state index in [9.17, 15) is 18.0 Å². The number of allylic oxidation sites excluding steroid dienone is 1. The molecule has 2 bridgehead atoms. The number of halogens is 1. The van der Waals surface area contributed by atoms with Crippen LogP contribution in [0.5, 0.6) is 5.75 Å². The van der Waals surface area contributed by atoms with Crippen LogP contribution in [0, 0.1) is 17.8 Å². The van der Waals surface area contributed by atoms with Gasteiger partial charge in [0.1, 0.15) is 11.4 Å². The second-order valence-corrected chi connectivity index (χ2v) is 18.6. The van der Waals surface area contributed by atoms with Crippen LogP contribution in [0.4, 0.5) is 5.69 Å². The van der Waals surface area contributed by atoms with Crippen molar-refractivity contribution in [2.75, 3.05) is 71.1 Å². The molecule has 2 aromatic carbocycles. The number of nitrogens with one attached hydrogen (secondary N) is 2. The van der Waals surface area contributed by atoms with E-state index in [0.29, 0.717) is 42.9 Å². The Labute approximate surface area is 325 Å². The highest BCUT2D eigenvalue weighted by molar-refractivity contribution is 7.90. The first kappa shape index (κ1) is 39.2. The molecule has 294 valence electrons. The van der Waals surface area contributed by atoms with Crippen molar-refractivity contribution in [3.8, 4) is 5.75 Å². The molecule has 4 aliphatic heterocycles. The summed E-state index contributed by atoms with van der Waals surface area (Å²) in [4.78, 5) is 30.9. The fraction of sp³-hybridized carbons (Fsp3) is 0.610. The van der Waals surface area contributed by atoms with Gasteiger partial charge >= 0.3 is 0 Å². The quantitative estimate of drug-likeness (QED) is 0.326. The normalized spacial score (nSPS) is 34.2. The molecule has 2 N–H and O–H groups in total. The molecule has 8 rings (SSSR count). The summed E-state index contributed by atoms with van der Waals surface area (Å²) in [5.41, 5.74) is 2.05. The van der Waals surface area contributed by atoms with Crippen molar-refractivity contribution in [1.82, 2.24) is 14.9 Å². The minimum atomic E-state index is -3.97. The minimum Gasteiger partial charge on any atom is -0.490 e. The van der Waals surface area contributed by atoms with Gasteiger partial charge in [-0.05, 0) is 105 Å². The van der Waals surface area contributed by atoms with Crippen LogP contribution in [-0.4, -0.2) is 109 Å². The smallest absolute Gasteiger partial charge is 0.264 e. The lowest BCUT2D eigenvalue weighted by molar-refractivity contribution is -0.135. The Morgan fingerprint density at radius 3 is 2.72 bits per heavy atom. The number of hydrogen-bond acceptors (Lipinski definition) is 10. The molecule has 54 heavy (non-hydrogen) atoms. The van der Waals surface area contributed by atoms with E-state index < -0.39 is 26.8 Å². The SMILES string of the molecule is C1CN2CCOC[C@H]2CN1.CO[C@]1(C=O)/C=C/C[C@H](C)[C@@H](C)S(=O)(=O)NC(=O)c2ccc3c(c2)N(C[C@@H]2CC[C@H]21)C[C@@]1(CCCc2cc(Cl)ccc21)CO3. The van der Waals surface area contributed by atoms with Gasteiger partial charge < -0.3 is 24.4 Å². The summed E-state index contributed by atoms with van der Waals surface area (Å²) in [5, 5.41) is 3.24. The van der Waals surface area contributed by atoms with E-state index in [0.717, 1.165) is 76.9 Å². The molecule has 6 aliphatic rings. The highest BCUT2D eigenvalue weighted by Crippen LogP contribution is 2.48. The van der Waals surface area contributed by atoms with E-state index in [1.165, 1.54) is 17.7 Å². The van der Waals surface area contributed by atoms with E-state index in [1.54, 1.807) is 32.2 Å². The topological polar surface area (TPSA) is 127 Å². The molecule has 1 amide bonds. The van der Waals surface area contributed by atoms with Gasteiger partial charge in [-0.15, -0.1) is 0 Å². The fourth-order valence-electron chi connectivity index (χ4n) is 9.35. The van der Waals surface area contributed by atoms with Gasteiger partial charge in [-0.25, -0.2) is 13.1 Å². The number of sulfonamides is 1. The maximum atomic E-state index is 13.4. The van der Waals surface area contributed by atoms with E-state index in [-0.39, 0.29) is 28.7 Å². The van der Waals surface area contributed by atoms with Crippen molar-refractivity contribution in [2.45, 2.75) is 74.7 Å². The molecular weight excluding hydrogens is 728 g/mol. The van der Waals surface area contributed by atoms with Crippen LogP contribution in [0.15, 0.2) is 48.6 Å². The number of aldehydes is 1. The number of carbonyl (C=O) groups excluding carboxylic acids is 2. The Morgan fingerprint density at radius 2 is 1.96 bits per heavy atom. The van der Waals surface area contributed by atoms with Crippen LogP contribution in [-0.2, 0) is 36.1 Å². The lowest BCUT2D eigenvalue weighted by Crippen LogP contribution is -2.56. The standard InChI is InChI=1S/C34H41ClN2O6S.C7H14N2O/c1-22-6-4-15-34(20-38,42-3)29-11-8-26(29)18-37-19-33(14-5-7-24-16-27(35)10-12-28(24)33)21-43-31-13-9-25(17-30(31)37)32(39)36-44(40,41)23(22)2;1-2-9-3-4-10-6-7(9)5-8-1/h4,9-10,12-13,15-17,20,22-23,26,29H,5-8,11,14,18-19,21H2,1-3H3,(H,36,39);7-8H,1-6H2/b15-4+;/t22-,23+,26-,29+,33-,34-;7-/m01/s1. The number of benzene rings is 2. The average molecular weight is 783 g/mol. The first-order chi connectivity index (χ1) is 26.0. The molecule has 0 radical (unpaired) electrons. The number of amides is 1. The number of morpholine rings is 1. The molecule has 1 spiro atoms. The maximum Gasteiger partial charge on any atom is 0.264 e. The van der Waals surface area contributed by atoms with Crippen LogP contribution in [0.1, 0.15) is 67.4 Å². The van der Waals surface area contributed by atoms with E-state index in [2.05, 4.69) is 32.0 Å². The zero-order valence-electron chi connectivity index (χ0n) is 31.7. The number of hydrogen-bond donors (Lipinski definition) is 2. The largest absolute Gasteiger partial charge is 0.490 e. The van der Waals surface area contributed by atoms with Gasteiger partial charge in [-0.1, -0.05) is 30.7 Å². The average Bonchev–Trinajstić information content (AvgIpc) is 3.32. The van der Waals surface area contributed by atoms with Crippen LogP contribution < -0.4 is 19.7 Å². The van der Waals surface area contributed by atoms with Crippen molar-refractivity contribution < 1.29 is 32.2 Å². The summed E-state index contributed by atoms with van der Waals surface area (Å²) >= 11 is 6.40.